The Balaban J connectivity index is 2.35. The molecule has 0 spiro atoms. The molecule has 0 saturated carbocycles. The standard InChI is InChI=1S/C16H17FN2O2/c1-11-3-5-15(6-4-11)19(10-16(20)21)12(2)13-7-14(17)9-18-8-13/h3-9,12H,10H2,1-2H3,(H,20,21). The minimum absolute atomic E-state index is 0.166. The number of aryl methyl sites for hydroxylation is 1. The van der Waals surface area contributed by atoms with E-state index in [-0.39, 0.29) is 12.6 Å². The Bertz CT molecular complexity index is 628. The predicted octanol–water partition coefficient (Wildman–Crippen LogP) is 3.18. The number of hydrogen-bond donors (Lipinski definition) is 1. The largest absolute Gasteiger partial charge is 0.480 e. The Morgan fingerprint density at radius 1 is 1.33 bits per heavy atom. The van der Waals surface area contributed by atoms with Crippen LogP contribution in [-0.4, -0.2) is 22.6 Å². The third-order valence-corrected chi connectivity index (χ3v) is 3.35. The molecule has 4 nitrogen and oxygen atoms in total. The van der Waals surface area contributed by atoms with Gasteiger partial charge < -0.3 is 10.0 Å². The summed E-state index contributed by atoms with van der Waals surface area (Å²) in [6.45, 7) is 3.63. The zero-order valence-corrected chi connectivity index (χ0v) is 12.0. The lowest BCUT2D eigenvalue weighted by Crippen LogP contribution is -2.32. The highest BCUT2D eigenvalue weighted by Crippen LogP contribution is 2.26. The fourth-order valence-electron chi connectivity index (χ4n) is 2.17. The number of hydrogen-bond acceptors (Lipinski definition) is 3. The van der Waals surface area contributed by atoms with Crippen molar-refractivity contribution in [3.8, 4) is 0 Å². The molecule has 110 valence electrons. The van der Waals surface area contributed by atoms with Crippen molar-refractivity contribution in [2.45, 2.75) is 19.9 Å². The van der Waals surface area contributed by atoms with Gasteiger partial charge in [0.05, 0.1) is 12.2 Å². The molecule has 1 heterocycles. The van der Waals surface area contributed by atoms with Gasteiger partial charge in [-0.1, -0.05) is 17.7 Å². The fourth-order valence-corrected chi connectivity index (χ4v) is 2.17. The van der Waals surface area contributed by atoms with Crippen LogP contribution in [-0.2, 0) is 4.79 Å². The molecule has 0 aliphatic carbocycles. The third-order valence-electron chi connectivity index (χ3n) is 3.35. The van der Waals surface area contributed by atoms with E-state index in [0.717, 1.165) is 17.4 Å². The molecular formula is C16H17FN2O2. The van der Waals surface area contributed by atoms with Gasteiger partial charge >= 0.3 is 5.97 Å². The summed E-state index contributed by atoms with van der Waals surface area (Å²) in [6.07, 6.45) is 2.68. The Kier molecular flexibility index (Phi) is 4.52. The summed E-state index contributed by atoms with van der Waals surface area (Å²) in [4.78, 5) is 16.7. The maximum atomic E-state index is 13.3. The van der Waals surface area contributed by atoms with Gasteiger partial charge in [0.25, 0.3) is 0 Å². The number of rotatable bonds is 5. The van der Waals surface area contributed by atoms with Crippen LogP contribution in [0.3, 0.4) is 0 Å². The van der Waals surface area contributed by atoms with Crippen molar-refractivity contribution in [2.75, 3.05) is 11.4 Å². The van der Waals surface area contributed by atoms with E-state index in [1.54, 1.807) is 11.1 Å². The van der Waals surface area contributed by atoms with E-state index >= 15 is 0 Å². The van der Waals surface area contributed by atoms with Crippen LogP contribution in [0.2, 0.25) is 0 Å². The molecule has 1 N–H and O–H groups in total. The molecule has 0 bridgehead atoms. The van der Waals surface area contributed by atoms with Crippen molar-refractivity contribution < 1.29 is 14.3 Å². The molecule has 0 aliphatic heterocycles. The third kappa shape index (κ3) is 3.78. The highest BCUT2D eigenvalue weighted by molar-refractivity contribution is 5.74. The highest BCUT2D eigenvalue weighted by Gasteiger charge is 2.19. The number of anilines is 1. The average Bonchev–Trinajstić information content (AvgIpc) is 2.45. The Hall–Kier alpha value is -2.43. The molecule has 0 fully saturated rings. The number of aliphatic carboxylic acids is 1. The topological polar surface area (TPSA) is 53.4 Å². The van der Waals surface area contributed by atoms with Crippen molar-refractivity contribution in [3.05, 3.63) is 59.7 Å². The predicted molar refractivity (Wildman–Crippen MR) is 78.8 cm³/mol. The van der Waals surface area contributed by atoms with Crippen LogP contribution in [0.15, 0.2) is 42.7 Å². The molecule has 2 rings (SSSR count). The molecule has 21 heavy (non-hydrogen) atoms. The Morgan fingerprint density at radius 2 is 2.00 bits per heavy atom. The fraction of sp³-hybridized carbons (Fsp3) is 0.250. The number of benzene rings is 1. The Morgan fingerprint density at radius 3 is 2.57 bits per heavy atom. The molecule has 0 radical (unpaired) electrons. The van der Waals surface area contributed by atoms with Gasteiger partial charge in [-0.25, -0.2) is 4.39 Å². The molecule has 1 atom stereocenters. The van der Waals surface area contributed by atoms with Gasteiger partial charge in [-0.2, -0.15) is 0 Å². The van der Waals surface area contributed by atoms with E-state index in [2.05, 4.69) is 4.98 Å². The number of carboxylic acid groups (broad SMARTS) is 1. The molecule has 2 aromatic rings. The lowest BCUT2D eigenvalue weighted by Gasteiger charge is -2.30. The van der Waals surface area contributed by atoms with E-state index in [9.17, 15) is 9.18 Å². The quantitative estimate of drug-likeness (QED) is 0.918. The van der Waals surface area contributed by atoms with Gasteiger partial charge in [0.2, 0.25) is 0 Å². The monoisotopic (exact) mass is 288 g/mol. The molecule has 1 aromatic heterocycles. The van der Waals surface area contributed by atoms with Gasteiger partial charge in [-0.05, 0) is 37.6 Å². The average molecular weight is 288 g/mol. The van der Waals surface area contributed by atoms with E-state index in [1.165, 1.54) is 6.07 Å². The van der Waals surface area contributed by atoms with Crippen LogP contribution in [0.4, 0.5) is 10.1 Å². The molecule has 1 unspecified atom stereocenters. The first kappa shape index (κ1) is 15.0. The summed E-state index contributed by atoms with van der Waals surface area (Å²) < 4.78 is 13.3. The van der Waals surface area contributed by atoms with E-state index in [1.807, 2.05) is 38.1 Å². The van der Waals surface area contributed by atoms with Gasteiger partial charge in [-0.15, -0.1) is 0 Å². The van der Waals surface area contributed by atoms with Crippen LogP contribution in [0.5, 0.6) is 0 Å². The second-order valence-corrected chi connectivity index (χ2v) is 4.97. The number of aromatic nitrogens is 1. The maximum Gasteiger partial charge on any atom is 0.323 e. The maximum absolute atomic E-state index is 13.3. The van der Waals surface area contributed by atoms with Crippen molar-refractivity contribution in [1.82, 2.24) is 4.98 Å². The highest BCUT2D eigenvalue weighted by atomic mass is 19.1. The number of halogens is 1. The van der Waals surface area contributed by atoms with Crippen molar-refractivity contribution >= 4 is 11.7 Å². The second-order valence-electron chi connectivity index (χ2n) is 4.97. The number of pyridine rings is 1. The van der Waals surface area contributed by atoms with Crippen LogP contribution in [0.25, 0.3) is 0 Å². The summed E-state index contributed by atoms with van der Waals surface area (Å²) in [5.41, 5.74) is 2.51. The van der Waals surface area contributed by atoms with Crippen molar-refractivity contribution in [1.29, 1.82) is 0 Å². The molecule has 1 aromatic carbocycles. The first-order valence-electron chi connectivity index (χ1n) is 6.63. The van der Waals surface area contributed by atoms with Gasteiger partial charge in [0.15, 0.2) is 0 Å². The van der Waals surface area contributed by atoms with Gasteiger partial charge in [0.1, 0.15) is 12.4 Å². The summed E-state index contributed by atoms with van der Waals surface area (Å²) in [6, 6.07) is 8.64. The van der Waals surface area contributed by atoms with Crippen LogP contribution < -0.4 is 4.90 Å². The van der Waals surface area contributed by atoms with E-state index in [4.69, 9.17) is 5.11 Å². The zero-order valence-electron chi connectivity index (χ0n) is 12.0. The van der Waals surface area contributed by atoms with Crippen molar-refractivity contribution in [3.63, 3.8) is 0 Å². The summed E-state index contributed by atoms with van der Waals surface area (Å²) >= 11 is 0. The zero-order chi connectivity index (χ0) is 15.4. The van der Waals surface area contributed by atoms with Gasteiger partial charge in [0, 0.05) is 11.9 Å². The minimum atomic E-state index is -0.938. The lowest BCUT2D eigenvalue weighted by molar-refractivity contribution is -0.135. The Labute approximate surface area is 122 Å². The number of carboxylic acids is 1. The molecule has 0 saturated heterocycles. The first-order chi connectivity index (χ1) is 9.97. The minimum Gasteiger partial charge on any atom is -0.480 e. The summed E-state index contributed by atoms with van der Waals surface area (Å²) in [5.74, 6) is -1.37. The molecule has 0 amide bonds. The molecular weight excluding hydrogens is 271 g/mol. The summed E-state index contributed by atoms with van der Waals surface area (Å²) in [5, 5.41) is 9.12. The van der Waals surface area contributed by atoms with Crippen molar-refractivity contribution in [2.24, 2.45) is 0 Å². The molecule has 5 heteroatoms. The van der Waals surface area contributed by atoms with E-state index < -0.39 is 11.8 Å². The first-order valence-corrected chi connectivity index (χ1v) is 6.63. The SMILES string of the molecule is Cc1ccc(N(CC(=O)O)C(C)c2cncc(F)c2)cc1. The number of carbonyl (C=O) groups is 1. The normalized spacial score (nSPS) is 12.0. The van der Waals surface area contributed by atoms with Gasteiger partial charge in [-0.3, -0.25) is 9.78 Å². The van der Waals surface area contributed by atoms with Crippen LogP contribution in [0.1, 0.15) is 24.1 Å². The van der Waals surface area contributed by atoms with Crippen LogP contribution in [0, 0.1) is 12.7 Å². The summed E-state index contributed by atoms with van der Waals surface area (Å²) in [7, 11) is 0. The van der Waals surface area contributed by atoms with Crippen LogP contribution >= 0.6 is 0 Å². The second kappa shape index (κ2) is 6.35. The smallest absolute Gasteiger partial charge is 0.323 e. The molecule has 0 aliphatic rings. The van der Waals surface area contributed by atoms with E-state index in [0.29, 0.717) is 5.56 Å². The lowest BCUT2D eigenvalue weighted by atomic mass is 10.1. The number of nitrogens with zero attached hydrogens (tertiary/aromatic N) is 2.